The first-order valence-corrected chi connectivity index (χ1v) is 7.97. The average molecular weight is 276 g/mol. The Morgan fingerprint density at radius 3 is 1.67 bits per heavy atom. The Balaban J connectivity index is 3.99. The van der Waals surface area contributed by atoms with E-state index >= 15 is 0 Å². The van der Waals surface area contributed by atoms with Crippen LogP contribution in [0.3, 0.4) is 0 Å². The summed E-state index contributed by atoms with van der Waals surface area (Å²) in [7, 11) is 0. The van der Waals surface area contributed by atoms with Crippen molar-refractivity contribution in [3.63, 3.8) is 0 Å². The van der Waals surface area contributed by atoms with E-state index in [4.69, 9.17) is 10.5 Å². The fourth-order valence-electron chi connectivity index (χ4n) is 0.486. The largest absolute Gasteiger partial charge is 0.207 e. The molecule has 0 aliphatic heterocycles. The number of nitriles is 2. The molecule has 15 heavy (non-hydrogen) atoms. The molecule has 0 spiro atoms. The second-order valence-electron chi connectivity index (χ2n) is 1.77. The Bertz CT molecular complexity index is 293. The van der Waals surface area contributed by atoms with Crippen molar-refractivity contribution in [3.05, 3.63) is 0 Å². The smallest absolute Gasteiger partial charge is 0.170 e. The van der Waals surface area contributed by atoms with Crippen molar-refractivity contribution in [2.24, 2.45) is 9.98 Å². The van der Waals surface area contributed by atoms with E-state index in [0.29, 0.717) is 5.08 Å². The van der Waals surface area contributed by atoms with Crippen LogP contribution in [-0.2, 0) is 0 Å². The Labute approximate surface area is 106 Å². The van der Waals surface area contributed by atoms with Crippen LogP contribution in [0.1, 0.15) is 0 Å². The lowest BCUT2D eigenvalue weighted by Crippen LogP contribution is -1.88. The van der Waals surface area contributed by atoms with Crippen LogP contribution < -0.4 is 0 Å². The number of aliphatic imine (C=N–C) groups is 2. The van der Waals surface area contributed by atoms with E-state index in [1.807, 2.05) is 12.5 Å². The van der Waals surface area contributed by atoms with Crippen LogP contribution in [0.4, 0.5) is 0 Å². The first-order chi connectivity index (χ1) is 7.28. The minimum absolute atomic E-state index is 0.697. The third-order valence-corrected chi connectivity index (χ3v) is 5.20. The molecule has 8 heteroatoms. The van der Waals surface area contributed by atoms with Crippen molar-refractivity contribution in [1.82, 2.24) is 0 Å². The summed E-state index contributed by atoms with van der Waals surface area (Å²) in [6.07, 6.45) is 7.23. The highest BCUT2D eigenvalue weighted by atomic mass is 32.2. The van der Waals surface area contributed by atoms with Gasteiger partial charge in [-0.3, -0.25) is 0 Å². The van der Waals surface area contributed by atoms with Gasteiger partial charge >= 0.3 is 0 Å². The van der Waals surface area contributed by atoms with Crippen LogP contribution in [0, 0.1) is 22.9 Å². The zero-order valence-corrected chi connectivity index (χ0v) is 11.4. The number of hydrogen-bond acceptors (Lipinski definition) is 8. The summed E-state index contributed by atoms with van der Waals surface area (Å²) in [4.78, 5) is 7.27. The number of rotatable bonds is 2. The zero-order chi connectivity index (χ0) is 11.5. The van der Waals surface area contributed by atoms with Gasteiger partial charge in [0.25, 0.3) is 0 Å². The van der Waals surface area contributed by atoms with Gasteiger partial charge in [0.2, 0.25) is 12.4 Å². The Kier molecular flexibility index (Phi) is 10.1. The summed E-state index contributed by atoms with van der Waals surface area (Å²) in [5, 5.41) is 17.4. The van der Waals surface area contributed by atoms with Crippen molar-refractivity contribution >= 4 is 55.8 Å². The van der Waals surface area contributed by atoms with Crippen molar-refractivity contribution in [2.45, 2.75) is 0 Å². The molecule has 80 valence electrons. The quantitative estimate of drug-likeness (QED) is 0.334. The highest BCUT2D eigenvalue weighted by molar-refractivity contribution is 8.47. The highest BCUT2D eigenvalue weighted by Crippen LogP contribution is 2.23. The summed E-state index contributed by atoms with van der Waals surface area (Å²) in [6, 6.07) is 0. The van der Waals surface area contributed by atoms with Gasteiger partial charge in [0.15, 0.2) is 0 Å². The van der Waals surface area contributed by atoms with E-state index in [2.05, 4.69) is 9.98 Å². The summed E-state index contributed by atoms with van der Waals surface area (Å²) in [6.45, 7) is 0. The SMILES string of the molecule is CSC(=NC#N)SCSC(=NC#N)SC. The summed E-state index contributed by atoms with van der Waals surface area (Å²) < 4.78 is 1.45. The first kappa shape index (κ1) is 14.7. The molecule has 0 N–H and O–H groups in total. The lowest BCUT2D eigenvalue weighted by Gasteiger charge is -2.00. The maximum atomic E-state index is 8.36. The molecule has 0 amide bonds. The van der Waals surface area contributed by atoms with E-state index < -0.39 is 0 Å². The predicted octanol–water partition coefficient (Wildman–Crippen LogP) is 2.81. The maximum Gasteiger partial charge on any atom is 0.207 e. The molecule has 0 aromatic carbocycles. The minimum atomic E-state index is 0.697. The number of thioether (sulfide) groups is 4. The molecular weight excluding hydrogens is 268 g/mol. The van der Waals surface area contributed by atoms with Crippen molar-refractivity contribution < 1.29 is 0 Å². The van der Waals surface area contributed by atoms with Gasteiger partial charge in [-0.2, -0.15) is 20.5 Å². The monoisotopic (exact) mass is 276 g/mol. The zero-order valence-electron chi connectivity index (χ0n) is 8.13. The molecule has 0 atom stereocenters. The van der Waals surface area contributed by atoms with E-state index in [9.17, 15) is 0 Å². The summed E-state index contributed by atoms with van der Waals surface area (Å²) in [5.41, 5.74) is 0. The molecule has 0 heterocycles. The van der Waals surface area contributed by atoms with Crippen LogP contribution in [0.15, 0.2) is 9.98 Å². The van der Waals surface area contributed by atoms with E-state index in [0.717, 1.165) is 8.75 Å². The van der Waals surface area contributed by atoms with Gasteiger partial charge in [-0.15, -0.1) is 23.5 Å². The number of hydrogen-bond donors (Lipinski definition) is 0. The summed E-state index contributed by atoms with van der Waals surface area (Å²) in [5.74, 6) is 0. The van der Waals surface area contributed by atoms with Crippen LogP contribution in [-0.4, -0.2) is 26.3 Å². The second-order valence-corrected chi connectivity index (χ2v) is 6.17. The van der Waals surface area contributed by atoms with E-state index in [-0.39, 0.29) is 0 Å². The molecule has 0 bridgehead atoms. The molecule has 0 radical (unpaired) electrons. The van der Waals surface area contributed by atoms with Gasteiger partial charge in [0, 0.05) is 0 Å². The fourth-order valence-corrected chi connectivity index (χ4v) is 3.81. The Hall–Kier alpha value is -0.280. The second kappa shape index (κ2) is 10.2. The predicted molar refractivity (Wildman–Crippen MR) is 73.2 cm³/mol. The van der Waals surface area contributed by atoms with Crippen LogP contribution >= 0.6 is 47.0 Å². The lowest BCUT2D eigenvalue weighted by atomic mass is 11.3. The average Bonchev–Trinajstić information content (AvgIpc) is 2.26. The van der Waals surface area contributed by atoms with Gasteiger partial charge in [-0.05, 0) is 12.5 Å². The third kappa shape index (κ3) is 7.63. The van der Waals surface area contributed by atoms with Crippen molar-refractivity contribution in [1.29, 1.82) is 10.5 Å². The van der Waals surface area contributed by atoms with Gasteiger partial charge in [0.1, 0.15) is 8.75 Å². The standard InChI is InChI=1S/C7H8N4S4/c1-12-6(10-3-8)14-5-15-7(13-2)11-4-9/h5H2,1-2H3. The summed E-state index contributed by atoms with van der Waals surface area (Å²) >= 11 is 5.80. The van der Waals surface area contributed by atoms with E-state index in [1.54, 1.807) is 12.4 Å². The van der Waals surface area contributed by atoms with Gasteiger partial charge < -0.3 is 0 Å². The molecule has 0 aromatic heterocycles. The van der Waals surface area contributed by atoms with Gasteiger partial charge in [0.05, 0.1) is 5.08 Å². The minimum Gasteiger partial charge on any atom is -0.170 e. The van der Waals surface area contributed by atoms with Gasteiger partial charge in [-0.1, -0.05) is 23.5 Å². The Morgan fingerprint density at radius 1 is 1.00 bits per heavy atom. The molecule has 0 saturated heterocycles. The van der Waals surface area contributed by atoms with Crippen molar-refractivity contribution in [2.75, 3.05) is 17.6 Å². The molecule has 0 aliphatic rings. The molecular formula is C7H8N4S4. The van der Waals surface area contributed by atoms with Crippen LogP contribution in [0.2, 0.25) is 0 Å². The topological polar surface area (TPSA) is 72.3 Å². The van der Waals surface area contributed by atoms with Crippen LogP contribution in [0.5, 0.6) is 0 Å². The molecule has 0 saturated carbocycles. The van der Waals surface area contributed by atoms with E-state index in [1.165, 1.54) is 47.0 Å². The third-order valence-electron chi connectivity index (χ3n) is 0.997. The molecule has 0 aromatic rings. The molecule has 0 fully saturated rings. The first-order valence-electron chi connectivity index (χ1n) is 3.55. The fraction of sp³-hybridized carbons (Fsp3) is 0.429. The number of nitrogens with zero attached hydrogens (tertiary/aromatic N) is 4. The van der Waals surface area contributed by atoms with Crippen molar-refractivity contribution in [3.8, 4) is 12.4 Å². The normalized spacial score (nSPS) is 12.0. The Morgan fingerprint density at radius 2 is 1.40 bits per heavy atom. The highest BCUT2D eigenvalue weighted by Gasteiger charge is 2.02. The molecule has 4 nitrogen and oxygen atoms in total. The van der Waals surface area contributed by atoms with Gasteiger partial charge in [-0.25, -0.2) is 0 Å². The van der Waals surface area contributed by atoms with Crippen LogP contribution in [0.25, 0.3) is 0 Å². The molecule has 0 aliphatic carbocycles. The molecule has 0 unspecified atom stereocenters. The lowest BCUT2D eigenvalue weighted by molar-refractivity contribution is 1.45. The maximum absolute atomic E-state index is 8.36. The molecule has 0 rings (SSSR count).